The fraction of sp³-hybridized carbons (Fsp3) is 0.333. The third-order valence-electron chi connectivity index (χ3n) is 7.46. The topological polar surface area (TPSA) is 131 Å². The maximum atomic E-state index is 13.2. The molecule has 0 radical (unpaired) electrons. The molecule has 6 rings (SSSR count). The van der Waals surface area contributed by atoms with Gasteiger partial charge >= 0.3 is 24.7 Å². The predicted octanol–water partition coefficient (Wildman–Crippen LogP) is 13.0. The maximum absolute atomic E-state index is 13.2. The molecule has 8 nitrogen and oxygen atoms in total. The first-order chi connectivity index (χ1) is 29.4. The van der Waals surface area contributed by atoms with Gasteiger partial charge in [-0.15, -0.1) is 56.7 Å². The van der Waals surface area contributed by atoms with Gasteiger partial charge in [-0.05, 0) is 102 Å². The molecule has 64 heavy (non-hydrogen) atoms. The van der Waals surface area contributed by atoms with Crippen LogP contribution >= 0.6 is 56.7 Å². The second kappa shape index (κ2) is 23.6. The molecule has 0 spiro atoms. The molecule has 0 aliphatic carbocycles. The number of carbonyl (C=O) groups excluding carboxylic acids is 1. The summed E-state index contributed by atoms with van der Waals surface area (Å²) in [6, 6.07) is 11.7. The Kier molecular flexibility index (Phi) is 20.5. The number of ether oxygens (including phenoxy) is 1. The van der Waals surface area contributed by atoms with Crippen molar-refractivity contribution in [2.45, 2.75) is 78.3 Å². The van der Waals surface area contributed by atoms with Crippen LogP contribution in [0.5, 0.6) is 5.75 Å². The van der Waals surface area contributed by atoms with Crippen molar-refractivity contribution in [3.8, 4) is 5.75 Å². The number of nitrogens with zero attached hydrogens (tertiary/aromatic N) is 1. The second-order valence-corrected chi connectivity index (χ2v) is 19.0. The minimum atomic E-state index is -4.75. The highest BCUT2D eigenvalue weighted by molar-refractivity contribution is 7.14. The van der Waals surface area contributed by atoms with Crippen LogP contribution in [0.3, 0.4) is 0 Å². The van der Waals surface area contributed by atoms with Crippen LogP contribution in [0.15, 0.2) is 80.8 Å². The van der Waals surface area contributed by atoms with Gasteiger partial charge in [-0.2, -0.15) is 52.7 Å². The van der Waals surface area contributed by atoms with Crippen LogP contribution in [0.2, 0.25) is 0 Å². The third kappa shape index (κ3) is 17.1. The number of halogens is 12. The van der Waals surface area contributed by atoms with Crippen LogP contribution in [0.4, 0.5) is 58.4 Å². The molecule has 0 aliphatic rings. The van der Waals surface area contributed by atoms with Crippen molar-refractivity contribution in [3.05, 3.63) is 130 Å². The van der Waals surface area contributed by atoms with Crippen molar-refractivity contribution in [2.75, 3.05) is 11.9 Å². The smallest absolute Gasteiger partial charge is 0.455 e. The Labute approximate surface area is 377 Å². The number of rotatable bonds is 8. The van der Waals surface area contributed by atoms with Gasteiger partial charge < -0.3 is 21.0 Å². The lowest BCUT2D eigenvalue weighted by Gasteiger charge is -2.23. The van der Waals surface area contributed by atoms with Gasteiger partial charge in [0.05, 0.1) is 16.4 Å². The standard InChI is InChI=1S/C13H12F3NO3S.C7H6F3NOS.C7H8F3NS.C7H5F3OS.C5H6S/c1-3-20-11-8(9(18)10(11)19)17-12(13(14,15)16)7-5-4-6(2)21-7;1-4-2-3-5(13-4)6(11-12)7(8,9)10;2*1-4-2-3-5(12-4)6(11)7(8,9)10;1-5-3-2-4-6-5/h4-5,12,17H,3H2,1-2H3;2-3,12H,1H3;2-3,6H,11H2,1H3;2-3H,1H3;2-4H,1H3/b;11-6+;;;. The summed E-state index contributed by atoms with van der Waals surface area (Å²) in [5.74, 6) is -2.09. The largest absolute Gasteiger partial charge is 0.488 e. The summed E-state index contributed by atoms with van der Waals surface area (Å²) in [7, 11) is 0. The fourth-order valence-electron chi connectivity index (χ4n) is 4.50. The van der Waals surface area contributed by atoms with Crippen LogP contribution in [-0.4, -0.2) is 48.0 Å². The molecule has 0 bridgehead atoms. The van der Waals surface area contributed by atoms with Gasteiger partial charge in [0, 0.05) is 34.1 Å². The van der Waals surface area contributed by atoms with Crippen LogP contribution in [0.25, 0.3) is 0 Å². The number of hydrogen-bond acceptors (Lipinski definition) is 13. The first-order valence-corrected chi connectivity index (χ1v) is 21.8. The number of carbonyl (C=O) groups is 1. The van der Waals surface area contributed by atoms with Gasteiger partial charge in [-0.3, -0.25) is 14.4 Å². The highest BCUT2D eigenvalue weighted by Gasteiger charge is 2.44. The Morgan fingerprint density at radius 2 is 1.16 bits per heavy atom. The molecule has 5 aromatic heterocycles. The molecule has 5 heterocycles. The molecular weight excluding hydrogens is 979 g/mol. The summed E-state index contributed by atoms with van der Waals surface area (Å²) >= 11 is 5.62. The van der Waals surface area contributed by atoms with Gasteiger partial charge in [0.1, 0.15) is 11.7 Å². The van der Waals surface area contributed by atoms with E-state index in [0.717, 1.165) is 60.0 Å². The quantitative estimate of drug-likeness (QED) is 0.0346. The number of oxime groups is 1. The Morgan fingerprint density at radius 3 is 1.48 bits per heavy atom. The molecule has 2 atom stereocenters. The summed E-state index contributed by atoms with van der Waals surface area (Å²) in [6.45, 7) is 10.5. The number of nitrogens with one attached hydrogen (secondary N) is 1. The molecule has 0 saturated carbocycles. The molecule has 0 aliphatic heterocycles. The third-order valence-corrected chi connectivity index (χ3v) is 12.4. The van der Waals surface area contributed by atoms with E-state index in [2.05, 4.69) is 34.9 Å². The lowest BCUT2D eigenvalue weighted by molar-refractivity contribution is -0.148. The summed E-state index contributed by atoms with van der Waals surface area (Å²) in [5, 5.41) is 14.6. The number of nitrogens with two attached hydrogens (primary N) is 1. The van der Waals surface area contributed by atoms with Crippen molar-refractivity contribution in [2.24, 2.45) is 10.9 Å². The molecule has 1 aromatic carbocycles. The number of anilines is 1. The van der Waals surface area contributed by atoms with E-state index in [-0.39, 0.29) is 31.9 Å². The first kappa shape index (κ1) is 55.6. The number of Topliss-reactive ketones (excluding diaryl/α,β-unsaturated/α-hetero) is 1. The van der Waals surface area contributed by atoms with Gasteiger partial charge in [0.15, 0.2) is 11.8 Å². The molecule has 0 fully saturated rings. The van der Waals surface area contributed by atoms with Crippen molar-refractivity contribution in [1.82, 2.24) is 0 Å². The van der Waals surface area contributed by atoms with Gasteiger partial charge in [0.2, 0.25) is 5.71 Å². The first-order valence-electron chi connectivity index (χ1n) is 17.7. The van der Waals surface area contributed by atoms with E-state index in [1.165, 1.54) is 41.3 Å². The Hall–Kier alpha value is -4.56. The predicted molar refractivity (Wildman–Crippen MR) is 228 cm³/mol. The number of ketones is 1. The van der Waals surface area contributed by atoms with E-state index in [0.29, 0.717) is 4.88 Å². The highest BCUT2D eigenvalue weighted by atomic mass is 32.1. The van der Waals surface area contributed by atoms with E-state index in [1.807, 2.05) is 0 Å². The number of alkyl halides is 12. The lowest BCUT2D eigenvalue weighted by Crippen LogP contribution is -2.39. The minimum Gasteiger partial charge on any atom is -0.488 e. The van der Waals surface area contributed by atoms with Crippen molar-refractivity contribution in [3.63, 3.8) is 0 Å². The summed E-state index contributed by atoms with van der Waals surface area (Å²) < 4.78 is 152. The zero-order valence-electron chi connectivity index (χ0n) is 33.9. The Balaban J connectivity index is 0.000000288. The summed E-state index contributed by atoms with van der Waals surface area (Å²) in [6.07, 6.45) is -18.3. The molecule has 6 aromatic rings. The molecule has 4 N–H and O–H groups in total. The van der Waals surface area contributed by atoms with E-state index in [1.54, 1.807) is 58.1 Å². The highest BCUT2D eigenvalue weighted by Crippen LogP contribution is 2.40. The fourth-order valence-corrected chi connectivity index (χ4v) is 8.58. The van der Waals surface area contributed by atoms with E-state index >= 15 is 0 Å². The Morgan fingerprint density at radius 1 is 0.672 bits per heavy atom. The zero-order valence-corrected chi connectivity index (χ0v) is 38.0. The number of aryl methyl sites for hydroxylation is 5. The SMILES string of the molecule is CCOc1c(NC(c2ccc(C)s2)C(F)(F)F)c(=O)c1=O.Cc1ccc(/C(=N\O)C(F)(F)F)s1.Cc1ccc(C(=O)C(F)(F)F)s1.Cc1ccc(C(N)C(F)(F)F)s1.Cc1cccs1. The van der Waals surface area contributed by atoms with Gasteiger partial charge in [0.25, 0.3) is 16.6 Å². The van der Waals surface area contributed by atoms with E-state index in [4.69, 9.17) is 15.7 Å². The number of thiophene rings is 5. The van der Waals surface area contributed by atoms with Crippen LogP contribution < -0.4 is 26.6 Å². The molecule has 0 saturated heterocycles. The van der Waals surface area contributed by atoms with Crippen LogP contribution in [0.1, 0.15) is 67.7 Å². The summed E-state index contributed by atoms with van der Waals surface area (Å²) in [4.78, 5) is 37.5. The zero-order chi connectivity index (χ0) is 49.0. The van der Waals surface area contributed by atoms with Crippen LogP contribution in [-0.2, 0) is 0 Å². The average molecular weight is 1020 g/mol. The van der Waals surface area contributed by atoms with Crippen molar-refractivity contribution < 1.29 is 67.4 Å². The van der Waals surface area contributed by atoms with E-state index in [9.17, 15) is 67.1 Å². The molecular formula is C39H37F12N3O5S5. The second-order valence-electron chi connectivity index (χ2n) is 12.6. The van der Waals surface area contributed by atoms with Crippen LogP contribution in [0, 0.1) is 34.6 Å². The molecule has 0 amide bonds. The van der Waals surface area contributed by atoms with Crippen molar-refractivity contribution in [1.29, 1.82) is 0 Å². The van der Waals surface area contributed by atoms with E-state index < -0.39 is 64.8 Å². The monoisotopic (exact) mass is 1020 g/mol. The normalized spacial score (nSPS) is 12.9. The minimum absolute atomic E-state index is 0.0236. The molecule has 352 valence electrons. The molecule has 25 heteroatoms. The maximum Gasteiger partial charge on any atom is 0.455 e. The average Bonchev–Trinajstić information content (AvgIpc) is 4.05. The number of hydrogen-bond donors (Lipinski definition) is 3. The van der Waals surface area contributed by atoms with Crippen molar-refractivity contribution >= 4 is 73.9 Å². The Bertz CT molecular complexity index is 2470. The van der Waals surface area contributed by atoms with Gasteiger partial charge in [-0.25, -0.2) is 0 Å². The molecule has 2 unspecified atom stereocenters. The lowest BCUT2D eigenvalue weighted by atomic mass is 10.1. The summed E-state index contributed by atoms with van der Waals surface area (Å²) in [5.41, 5.74) is 1.43. The van der Waals surface area contributed by atoms with Gasteiger partial charge in [-0.1, -0.05) is 11.2 Å².